The van der Waals surface area contributed by atoms with E-state index >= 15 is 0 Å². The molecule has 4 rings (SSSR count). The molecule has 0 atom stereocenters. The minimum absolute atomic E-state index is 0.133. The van der Waals surface area contributed by atoms with Crippen LogP contribution in [-0.2, 0) is 0 Å². The molecule has 0 aliphatic carbocycles. The highest BCUT2D eigenvalue weighted by molar-refractivity contribution is 6.12. The highest BCUT2D eigenvalue weighted by Gasteiger charge is 2.17. The molecule has 0 aliphatic rings. The molecule has 0 bridgehead atoms. The van der Waals surface area contributed by atoms with Crippen LogP contribution in [0.3, 0.4) is 0 Å². The van der Waals surface area contributed by atoms with Crippen LogP contribution in [0.2, 0.25) is 0 Å². The van der Waals surface area contributed by atoms with Crippen molar-refractivity contribution in [3.05, 3.63) is 90.4 Å². The molecule has 0 radical (unpaired) electrons. The number of anilines is 2. The van der Waals surface area contributed by atoms with Crippen LogP contribution in [0, 0.1) is 0 Å². The van der Waals surface area contributed by atoms with Crippen LogP contribution in [0.1, 0.15) is 20.7 Å². The van der Waals surface area contributed by atoms with Crippen LogP contribution in [0.4, 0.5) is 11.4 Å². The predicted molar refractivity (Wildman–Crippen MR) is 110 cm³/mol. The molecular formula is C22H16N4O3. The summed E-state index contributed by atoms with van der Waals surface area (Å²) in [5.74, 6) is -0.930. The van der Waals surface area contributed by atoms with Crippen LogP contribution in [0.15, 0.2) is 79.3 Å². The number of amides is 2. The second-order valence-electron chi connectivity index (χ2n) is 6.25. The molecule has 3 N–H and O–H groups in total. The maximum atomic E-state index is 12.6. The molecule has 3 aromatic carbocycles. The van der Waals surface area contributed by atoms with Gasteiger partial charge in [-0.15, -0.1) is 0 Å². The first-order chi connectivity index (χ1) is 14.1. The van der Waals surface area contributed by atoms with Crippen LogP contribution in [0.25, 0.3) is 10.9 Å². The molecule has 0 unspecified atom stereocenters. The average Bonchev–Trinajstić information content (AvgIpc) is 2.78. The van der Waals surface area contributed by atoms with E-state index < -0.39 is 5.91 Å². The number of aromatic nitrogens is 2. The lowest BCUT2D eigenvalue weighted by Gasteiger charge is -2.14. The topological polar surface area (TPSA) is 104 Å². The average molecular weight is 384 g/mol. The number of hydrogen-bond donors (Lipinski definition) is 3. The van der Waals surface area contributed by atoms with Crippen LogP contribution in [-0.4, -0.2) is 26.9 Å². The van der Waals surface area contributed by atoms with Crippen molar-refractivity contribution in [3.63, 3.8) is 0 Å². The standard InChI is InChI=1S/C22H16N4O3/c27-20-18(26-22(29)15-9-5-2-6-10-15)11-17(16-12-23-13-24-19(16)20)25-21(28)14-7-3-1-4-8-14/h1-13,27H,(H,25,28)(H,26,29). The molecule has 0 fully saturated rings. The van der Waals surface area contributed by atoms with Gasteiger partial charge in [0.25, 0.3) is 11.8 Å². The summed E-state index contributed by atoms with van der Waals surface area (Å²) < 4.78 is 0. The third-order valence-corrected chi connectivity index (χ3v) is 4.34. The van der Waals surface area contributed by atoms with Crippen LogP contribution in [0.5, 0.6) is 5.75 Å². The van der Waals surface area contributed by atoms with Gasteiger partial charge in [-0.05, 0) is 30.3 Å². The Labute approximate surface area is 166 Å². The van der Waals surface area contributed by atoms with E-state index in [1.807, 2.05) is 6.07 Å². The van der Waals surface area contributed by atoms with Gasteiger partial charge < -0.3 is 15.7 Å². The number of fused-ring (bicyclic) bond motifs is 1. The Morgan fingerprint density at radius 1 is 0.793 bits per heavy atom. The Kier molecular flexibility index (Phi) is 4.86. The Morgan fingerprint density at radius 2 is 1.34 bits per heavy atom. The van der Waals surface area contributed by atoms with E-state index in [2.05, 4.69) is 20.6 Å². The summed E-state index contributed by atoms with van der Waals surface area (Å²) in [7, 11) is 0. The number of nitrogens with zero attached hydrogens (tertiary/aromatic N) is 2. The third kappa shape index (κ3) is 3.74. The normalized spacial score (nSPS) is 10.5. The van der Waals surface area contributed by atoms with Crippen molar-refractivity contribution >= 4 is 34.1 Å². The molecule has 1 aromatic heterocycles. The van der Waals surface area contributed by atoms with Crippen molar-refractivity contribution in [1.82, 2.24) is 9.97 Å². The van der Waals surface area contributed by atoms with E-state index in [1.165, 1.54) is 18.6 Å². The summed E-state index contributed by atoms with van der Waals surface area (Å²) in [6.07, 6.45) is 2.78. The Hall–Kier alpha value is -4.26. The smallest absolute Gasteiger partial charge is 0.255 e. The first kappa shape index (κ1) is 18.1. The molecule has 29 heavy (non-hydrogen) atoms. The lowest BCUT2D eigenvalue weighted by Crippen LogP contribution is -2.14. The number of benzene rings is 3. The van der Waals surface area contributed by atoms with Gasteiger partial charge in [0, 0.05) is 22.7 Å². The van der Waals surface area contributed by atoms with Gasteiger partial charge in [0.2, 0.25) is 0 Å². The zero-order valence-corrected chi connectivity index (χ0v) is 15.2. The number of phenols is 1. The van der Waals surface area contributed by atoms with Crippen molar-refractivity contribution in [2.45, 2.75) is 0 Å². The Balaban J connectivity index is 1.73. The number of rotatable bonds is 4. The quantitative estimate of drug-likeness (QED) is 0.366. The summed E-state index contributed by atoms with van der Waals surface area (Å²) in [6.45, 7) is 0. The molecule has 0 aliphatic heterocycles. The minimum atomic E-state index is -0.394. The van der Waals surface area contributed by atoms with Crippen LogP contribution >= 0.6 is 0 Å². The van der Waals surface area contributed by atoms with Gasteiger partial charge in [0.1, 0.15) is 11.8 Å². The summed E-state index contributed by atoms with van der Waals surface area (Å²) in [5, 5.41) is 16.5. The highest BCUT2D eigenvalue weighted by Crippen LogP contribution is 2.36. The molecular weight excluding hydrogens is 368 g/mol. The number of aromatic hydroxyl groups is 1. The van der Waals surface area contributed by atoms with E-state index in [1.54, 1.807) is 54.6 Å². The highest BCUT2D eigenvalue weighted by atomic mass is 16.3. The molecule has 7 heteroatoms. The van der Waals surface area contributed by atoms with Crippen LogP contribution < -0.4 is 10.6 Å². The van der Waals surface area contributed by atoms with Crippen molar-refractivity contribution in [3.8, 4) is 5.75 Å². The van der Waals surface area contributed by atoms with Gasteiger partial charge in [0.15, 0.2) is 5.75 Å². The number of hydrogen-bond acceptors (Lipinski definition) is 5. The monoisotopic (exact) mass is 384 g/mol. The number of carbonyl (C=O) groups is 2. The molecule has 142 valence electrons. The van der Waals surface area contributed by atoms with Crippen molar-refractivity contribution in [1.29, 1.82) is 0 Å². The molecule has 4 aromatic rings. The second kappa shape index (κ2) is 7.77. The first-order valence-corrected chi connectivity index (χ1v) is 8.82. The number of carbonyl (C=O) groups excluding carboxylic acids is 2. The molecule has 1 heterocycles. The van der Waals surface area contributed by atoms with Crippen molar-refractivity contribution in [2.24, 2.45) is 0 Å². The number of phenolic OH excluding ortho intramolecular Hbond substituents is 1. The largest absolute Gasteiger partial charge is 0.504 e. The third-order valence-electron chi connectivity index (χ3n) is 4.34. The Bertz CT molecular complexity index is 1190. The lowest BCUT2D eigenvalue weighted by atomic mass is 10.1. The SMILES string of the molecule is O=C(Nc1cc(NC(=O)c2ccccc2)c2cncnc2c1O)c1ccccc1. The molecule has 0 spiro atoms. The zero-order chi connectivity index (χ0) is 20.2. The van der Waals surface area contributed by atoms with Crippen molar-refractivity contribution in [2.75, 3.05) is 10.6 Å². The minimum Gasteiger partial charge on any atom is -0.504 e. The van der Waals surface area contributed by atoms with Gasteiger partial charge in [-0.3, -0.25) is 9.59 Å². The fraction of sp³-hybridized carbons (Fsp3) is 0. The summed E-state index contributed by atoms with van der Waals surface area (Å²) in [5.41, 5.74) is 1.63. The van der Waals surface area contributed by atoms with Gasteiger partial charge in [-0.25, -0.2) is 9.97 Å². The summed E-state index contributed by atoms with van der Waals surface area (Å²) in [6, 6.07) is 18.8. The van der Waals surface area contributed by atoms with E-state index in [4.69, 9.17) is 0 Å². The van der Waals surface area contributed by atoms with Gasteiger partial charge in [-0.1, -0.05) is 36.4 Å². The summed E-state index contributed by atoms with van der Waals surface area (Å²) >= 11 is 0. The lowest BCUT2D eigenvalue weighted by molar-refractivity contribution is 0.101. The van der Waals surface area contributed by atoms with E-state index in [0.717, 1.165) is 0 Å². The van der Waals surface area contributed by atoms with E-state index in [0.29, 0.717) is 22.2 Å². The van der Waals surface area contributed by atoms with Crippen molar-refractivity contribution < 1.29 is 14.7 Å². The number of nitrogens with one attached hydrogen (secondary N) is 2. The van der Waals surface area contributed by atoms with E-state index in [-0.39, 0.29) is 22.9 Å². The summed E-state index contributed by atoms with van der Waals surface area (Å²) in [4.78, 5) is 33.2. The Morgan fingerprint density at radius 3 is 1.93 bits per heavy atom. The first-order valence-electron chi connectivity index (χ1n) is 8.82. The zero-order valence-electron chi connectivity index (χ0n) is 15.2. The van der Waals surface area contributed by atoms with E-state index in [9.17, 15) is 14.7 Å². The maximum Gasteiger partial charge on any atom is 0.255 e. The second-order valence-corrected chi connectivity index (χ2v) is 6.25. The predicted octanol–water partition coefficient (Wildman–Crippen LogP) is 3.84. The molecule has 0 saturated heterocycles. The van der Waals surface area contributed by atoms with Gasteiger partial charge in [-0.2, -0.15) is 0 Å². The fourth-order valence-corrected chi connectivity index (χ4v) is 2.90. The maximum absolute atomic E-state index is 12.6. The van der Waals surface area contributed by atoms with Gasteiger partial charge in [0.05, 0.1) is 11.4 Å². The molecule has 2 amide bonds. The van der Waals surface area contributed by atoms with Gasteiger partial charge >= 0.3 is 0 Å². The molecule has 7 nitrogen and oxygen atoms in total. The fourth-order valence-electron chi connectivity index (χ4n) is 2.90. The molecule has 0 saturated carbocycles.